The second-order valence-corrected chi connectivity index (χ2v) is 5.42. The SMILES string of the molecule is C=CC(=O)NCc1c(-c2ccccc2)nc2ccccc2c1C(=O)O. The smallest absolute Gasteiger partial charge is 0.336 e. The highest BCUT2D eigenvalue weighted by Gasteiger charge is 2.21. The minimum atomic E-state index is -1.06. The number of rotatable bonds is 5. The van der Waals surface area contributed by atoms with Gasteiger partial charge in [0.1, 0.15) is 0 Å². The van der Waals surface area contributed by atoms with E-state index < -0.39 is 5.97 Å². The van der Waals surface area contributed by atoms with Crippen molar-refractivity contribution in [2.45, 2.75) is 6.54 Å². The quantitative estimate of drug-likeness (QED) is 0.702. The second kappa shape index (κ2) is 6.97. The van der Waals surface area contributed by atoms with E-state index in [1.807, 2.05) is 36.4 Å². The van der Waals surface area contributed by atoms with Crippen LogP contribution in [0.5, 0.6) is 0 Å². The fourth-order valence-electron chi connectivity index (χ4n) is 2.75. The lowest BCUT2D eigenvalue weighted by Crippen LogP contribution is -2.22. The Morgan fingerprint density at radius 2 is 1.76 bits per heavy atom. The van der Waals surface area contributed by atoms with Crippen molar-refractivity contribution >= 4 is 22.8 Å². The molecule has 0 saturated carbocycles. The lowest BCUT2D eigenvalue weighted by atomic mass is 9.96. The van der Waals surface area contributed by atoms with Gasteiger partial charge in [0.25, 0.3) is 0 Å². The highest BCUT2D eigenvalue weighted by molar-refractivity contribution is 6.05. The van der Waals surface area contributed by atoms with Crippen molar-refractivity contribution in [2.24, 2.45) is 0 Å². The first-order chi connectivity index (χ1) is 12.1. The number of pyridine rings is 1. The minimum absolute atomic E-state index is 0.0501. The summed E-state index contributed by atoms with van der Waals surface area (Å²) in [7, 11) is 0. The Morgan fingerprint density at radius 3 is 2.44 bits per heavy atom. The molecule has 0 aliphatic heterocycles. The number of nitrogens with zero attached hydrogens (tertiary/aromatic N) is 1. The number of fused-ring (bicyclic) bond motifs is 1. The zero-order valence-electron chi connectivity index (χ0n) is 13.4. The third-order valence-electron chi connectivity index (χ3n) is 3.88. The van der Waals surface area contributed by atoms with Crippen LogP contribution < -0.4 is 5.32 Å². The van der Waals surface area contributed by atoms with Crippen molar-refractivity contribution in [2.75, 3.05) is 0 Å². The van der Waals surface area contributed by atoms with Gasteiger partial charge in [-0.25, -0.2) is 9.78 Å². The van der Waals surface area contributed by atoms with Crippen molar-refractivity contribution < 1.29 is 14.7 Å². The average Bonchev–Trinajstić information content (AvgIpc) is 2.65. The summed E-state index contributed by atoms with van der Waals surface area (Å²) in [6, 6.07) is 16.4. The van der Waals surface area contributed by atoms with E-state index >= 15 is 0 Å². The Kier molecular flexibility index (Phi) is 4.57. The molecule has 3 rings (SSSR count). The van der Waals surface area contributed by atoms with Crippen LogP contribution in [0, 0.1) is 0 Å². The predicted octanol–water partition coefficient (Wildman–Crippen LogP) is 3.40. The lowest BCUT2D eigenvalue weighted by Gasteiger charge is -2.15. The molecule has 0 radical (unpaired) electrons. The fourth-order valence-corrected chi connectivity index (χ4v) is 2.75. The van der Waals surface area contributed by atoms with Crippen molar-refractivity contribution in [1.82, 2.24) is 10.3 Å². The van der Waals surface area contributed by atoms with Crippen LogP contribution in [0.3, 0.4) is 0 Å². The number of carboxylic acids is 1. The summed E-state index contributed by atoms with van der Waals surface area (Å²) < 4.78 is 0. The second-order valence-electron chi connectivity index (χ2n) is 5.42. The average molecular weight is 332 g/mol. The minimum Gasteiger partial charge on any atom is -0.478 e. The highest BCUT2D eigenvalue weighted by Crippen LogP contribution is 2.30. The van der Waals surface area contributed by atoms with Crippen LogP contribution in [0.1, 0.15) is 15.9 Å². The van der Waals surface area contributed by atoms with E-state index in [4.69, 9.17) is 0 Å². The van der Waals surface area contributed by atoms with Crippen LogP contribution in [0.4, 0.5) is 0 Å². The molecule has 0 spiro atoms. The van der Waals surface area contributed by atoms with E-state index in [0.29, 0.717) is 22.2 Å². The number of hydrogen-bond acceptors (Lipinski definition) is 3. The molecule has 1 aromatic heterocycles. The third kappa shape index (κ3) is 3.26. The fraction of sp³-hybridized carbons (Fsp3) is 0.0500. The van der Waals surface area contributed by atoms with E-state index in [1.54, 1.807) is 18.2 Å². The van der Waals surface area contributed by atoms with E-state index in [-0.39, 0.29) is 18.0 Å². The van der Waals surface area contributed by atoms with Crippen LogP contribution in [0.2, 0.25) is 0 Å². The number of amides is 1. The first-order valence-corrected chi connectivity index (χ1v) is 7.72. The Bertz CT molecular complexity index is 965. The summed E-state index contributed by atoms with van der Waals surface area (Å²) in [5.74, 6) is -1.43. The summed E-state index contributed by atoms with van der Waals surface area (Å²) in [6.45, 7) is 3.47. The Labute approximate surface area is 144 Å². The number of nitrogens with one attached hydrogen (secondary N) is 1. The largest absolute Gasteiger partial charge is 0.478 e. The van der Waals surface area contributed by atoms with Gasteiger partial charge in [-0.2, -0.15) is 0 Å². The number of aromatic carboxylic acids is 1. The molecular formula is C20H16N2O3. The molecule has 124 valence electrons. The van der Waals surface area contributed by atoms with Gasteiger partial charge >= 0.3 is 5.97 Å². The van der Waals surface area contributed by atoms with Crippen molar-refractivity contribution in [3.05, 3.63) is 78.4 Å². The maximum Gasteiger partial charge on any atom is 0.336 e. The summed E-state index contributed by atoms with van der Waals surface area (Å²) in [5.41, 5.74) is 2.54. The monoisotopic (exact) mass is 332 g/mol. The number of carbonyl (C=O) groups excluding carboxylic acids is 1. The van der Waals surface area contributed by atoms with Crippen LogP contribution in [0.15, 0.2) is 67.3 Å². The van der Waals surface area contributed by atoms with Crippen LogP contribution in [-0.2, 0) is 11.3 Å². The Hall–Kier alpha value is -3.47. The normalized spacial score (nSPS) is 10.4. The maximum atomic E-state index is 12.0. The summed E-state index contributed by atoms with van der Waals surface area (Å²) >= 11 is 0. The molecule has 5 nitrogen and oxygen atoms in total. The first-order valence-electron chi connectivity index (χ1n) is 7.72. The number of carbonyl (C=O) groups is 2. The molecule has 0 aliphatic carbocycles. The maximum absolute atomic E-state index is 12.0. The molecule has 1 amide bonds. The lowest BCUT2D eigenvalue weighted by molar-refractivity contribution is -0.116. The number of aromatic nitrogens is 1. The summed E-state index contributed by atoms with van der Waals surface area (Å²) in [5, 5.41) is 13.0. The van der Waals surface area contributed by atoms with Crippen molar-refractivity contribution in [3.63, 3.8) is 0 Å². The van der Waals surface area contributed by atoms with Crippen LogP contribution >= 0.6 is 0 Å². The summed E-state index contributed by atoms with van der Waals surface area (Å²) in [4.78, 5) is 28.2. The third-order valence-corrected chi connectivity index (χ3v) is 3.88. The summed E-state index contributed by atoms with van der Waals surface area (Å²) in [6.07, 6.45) is 1.15. The zero-order valence-corrected chi connectivity index (χ0v) is 13.4. The van der Waals surface area contributed by atoms with E-state index in [9.17, 15) is 14.7 Å². The molecule has 0 saturated heterocycles. The van der Waals surface area contributed by atoms with Gasteiger partial charge in [0.2, 0.25) is 5.91 Å². The molecule has 2 N–H and O–H groups in total. The van der Waals surface area contributed by atoms with E-state index in [1.165, 1.54) is 0 Å². The zero-order chi connectivity index (χ0) is 17.8. The van der Waals surface area contributed by atoms with Gasteiger partial charge in [-0.05, 0) is 12.1 Å². The molecule has 0 bridgehead atoms. The van der Waals surface area contributed by atoms with Gasteiger partial charge < -0.3 is 10.4 Å². The van der Waals surface area contributed by atoms with Gasteiger partial charge in [0.05, 0.1) is 16.8 Å². The topological polar surface area (TPSA) is 79.3 Å². The predicted molar refractivity (Wildman–Crippen MR) is 96.2 cm³/mol. The molecule has 3 aromatic rings. The number of benzene rings is 2. The van der Waals surface area contributed by atoms with Gasteiger partial charge in [-0.3, -0.25) is 4.79 Å². The number of hydrogen-bond donors (Lipinski definition) is 2. The number of carboxylic acid groups (broad SMARTS) is 1. The van der Waals surface area contributed by atoms with Crippen molar-refractivity contribution in [1.29, 1.82) is 0 Å². The van der Waals surface area contributed by atoms with Gasteiger partial charge in [0.15, 0.2) is 0 Å². The molecule has 25 heavy (non-hydrogen) atoms. The Balaban J connectivity index is 2.29. The Morgan fingerprint density at radius 1 is 1.08 bits per heavy atom. The molecule has 0 unspecified atom stereocenters. The van der Waals surface area contributed by atoms with Crippen LogP contribution in [0.25, 0.3) is 22.2 Å². The molecule has 2 aromatic carbocycles. The molecule has 0 atom stereocenters. The van der Waals surface area contributed by atoms with Gasteiger partial charge in [-0.1, -0.05) is 55.1 Å². The van der Waals surface area contributed by atoms with E-state index in [0.717, 1.165) is 11.6 Å². The van der Waals surface area contributed by atoms with Crippen molar-refractivity contribution in [3.8, 4) is 11.3 Å². The molecule has 0 fully saturated rings. The molecule has 0 aliphatic rings. The molecule has 5 heteroatoms. The first kappa shape index (κ1) is 16.4. The van der Waals surface area contributed by atoms with Gasteiger partial charge in [-0.15, -0.1) is 0 Å². The molecule has 1 heterocycles. The van der Waals surface area contributed by atoms with E-state index in [2.05, 4.69) is 16.9 Å². The van der Waals surface area contributed by atoms with Crippen LogP contribution in [-0.4, -0.2) is 22.0 Å². The number of para-hydroxylation sites is 1. The van der Waals surface area contributed by atoms with Gasteiger partial charge in [0, 0.05) is 23.1 Å². The highest BCUT2D eigenvalue weighted by atomic mass is 16.4. The standard InChI is InChI=1S/C20H16N2O3/c1-2-17(23)21-12-15-18(20(24)25)14-10-6-7-11-16(14)22-19(15)13-8-4-3-5-9-13/h2-11H,1,12H2,(H,21,23)(H,24,25). The molecular weight excluding hydrogens is 316 g/mol.